The van der Waals surface area contributed by atoms with Crippen molar-refractivity contribution in [3.8, 4) is 0 Å². The van der Waals surface area contributed by atoms with Crippen molar-refractivity contribution >= 4 is 0 Å². The lowest BCUT2D eigenvalue weighted by Crippen LogP contribution is -2.48. The minimum atomic E-state index is 0.724. The van der Waals surface area contributed by atoms with Gasteiger partial charge in [0.15, 0.2) is 0 Å². The van der Waals surface area contributed by atoms with Crippen molar-refractivity contribution in [2.75, 3.05) is 6.54 Å². The van der Waals surface area contributed by atoms with E-state index in [1.807, 2.05) is 6.92 Å². The molecule has 0 aromatic carbocycles. The van der Waals surface area contributed by atoms with Crippen molar-refractivity contribution in [1.82, 2.24) is 15.4 Å². The van der Waals surface area contributed by atoms with Crippen LogP contribution >= 0.6 is 0 Å². The van der Waals surface area contributed by atoms with Crippen LogP contribution in [0.15, 0.2) is 4.52 Å². The van der Waals surface area contributed by atoms with Crippen molar-refractivity contribution in [2.45, 2.75) is 77.5 Å². The molecule has 2 unspecified atom stereocenters. The second kappa shape index (κ2) is 5.86. The monoisotopic (exact) mass is 277 g/mol. The molecule has 0 radical (unpaired) electrons. The summed E-state index contributed by atoms with van der Waals surface area (Å²) >= 11 is 0. The van der Waals surface area contributed by atoms with Crippen molar-refractivity contribution < 1.29 is 4.52 Å². The molecule has 0 spiro atoms. The number of piperidine rings is 1. The zero-order valence-corrected chi connectivity index (χ0v) is 13.0. The highest BCUT2D eigenvalue weighted by molar-refractivity contribution is 5.20. The Balaban J connectivity index is 1.72. The Bertz CT molecular complexity index is 425. The third-order valence-corrected chi connectivity index (χ3v) is 5.02. The van der Waals surface area contributed by atoms with Crippen molar-refractivity contribution in [2.24, 2.45) is 0 Å². The van der Waals surface area contributed by atoms with Crippen LogP contribution in [0.2, 0.25) is 0 Å². The van der Waals surface area contributed by atoms with E-state index in [9.17, 15) is 0 Å². The summed E-state index contributed by atoms with van der Waals surface area (Å²) in [6.45, 7) is 8.54. The van der Waals surface area contributed by atoms with Gasteiger partial charge in [-0.15, -0.1) is 0 Å². The van der Waals surface area contributed by atoms with E-state index >= 15 is 0 Å². The van der Waals surface area contributed by atoms with Gasteiger partial charge in [-0.2, -0.15) is 0 Å². The molecule has 2 bridgehead atoms. The van der Waals surface area contributed by atoms with Crippen LogP contribution in [0.4, 0.5) is 0 Å². The van der Waals surface area contributed by atoms with Crippen molar-refractivity contribution in [1.29, 1.82) is 0 Å². The minimum absolute atomic E-state index is 0.724. The van der Waals surface area contributed by atoms with E-state index in [4.69, 9.17) is 4.52 Å². The number of nitrogens with zero attached hydrogens (tertiary/aromatic N) is 2. The fraction of sp³-hybridized carbons (Fsp3) is 0.812. The van der Waals surface area contributed by atoms with Crippen LogP contribution < -0.4 is 5.32 Å². The highest BCUT2D eigenvalue weighted by Crippen LogP contribution is 2.31. The quantitative estimate of drug-likeness (QED) is 0.898. The first-order valence-corrected chi connectivity index (χ1v) is 8.09. The van der Waals surface area contributed by atoms with Gasteiger partial charge < -0.3 is 9.84 Å². The fourth-order valence-electron chi connectivity index (χ4n) is 3.93. The number of aromatic nitrogens is 1. The van der Waals surface area contributed by atoms with E-state index in [0.29, 0.717) is 0 Å². The van der Waals surface area contributed by atoms with E-state index < -0.39 is 0 Å². The molecular formula is C16H27N3O. The Kier molecular flexibility index (Phi) is 4.13. The predicted octanol–water partition coefficient (Wildman–Crippen LogP) is 2.79. The fourth-order valence-corrected chi connectivity index (χ4v) is 3.93. The SMILES string of the molecule is CCCN(Cc1c(C)noc1C)C1CC2CCC(C1)N2. The molecule has 3 heterocycles. The van der Waals surface area contributed by atoms with Crippen molar-refractivity contribution in [3.63, 3.8) is 0 Å². The first-order valence-electron chi connectivity index (χ1n) is 8.09. The lowest BCUT2D eigenvalue weighted by Gasteiger charge is -2.37. The van der Waals surface area contributed by atoms with E-state index in [1.165, 1.54) is 44.2 Å². The second-order valence-corrected chi connectivity index (χ2v) is 6.54. The van der Waals surface area contributed by atoms with Gasteiger partial charge in [0.05, 0.1) is 5.69 Å². The molecule has 0 saturated carbocycles. The Morgan fingerprint density at radius 2 is 1.95 bits per heavy atom. The van der Waals surface area contributed by atoms with Crippen LogP contribution in [-0.2, 0) is 6.54 Å². The molecule has 20 heavy (non-hydrogen) atoms. The van der Waals surface area contributed by atoms with Gasteiger partial charge in [-0.1, -0.05) is 12.1 Å². The number of nitrogens with one attached hydrogen (secondary N) is 1. The molecule has 4 nitrogen and oxygen atoms in total. The zero-order chi connectivity index (χ0) is 14.1. The number of aryl methyl sites for hydroxylation is 2. The summed E-state index contributed by atoms with van der Waals surface area (Å²) < 4.78 is 5.33. The van der Waals surface area contributed by atoms with Gasteiger partial charge in [-0.3, -0.25) is 4.90 Å². The molecule has 1 aromatic rings. The average molecular weight is 277 g/mol. The Labute approximate surface area is 121 Å². The number of fused-ring (bicyclic) bond motifs is 2. The lowest BCUT2D eigenvalue weighted by atomic mass is 9.97. The van der Waals surface area contributed by atoms with Crippen LogP contribution in [-0.4, -0.2) is 34.7 Å². The Morgan fingerprint density at radius 3 is 2.50 bits per heavy atom. The third-order valence-electron chi connectivity index (χ3n) is 5.02. The van der Waals surface area contributed by atoms with Gasteiger partial charge in [-0.25, -0.2) is 0 Å². The first kappa shape index (κ1) is 14.1. The molecule has 2 fully saturated rings. The minimum Gasteiger partial charge on any atom is -0.361 e. The molecule has 2 aliphatic heterocycles. The number of hydrogen-bond donors (Lipinski definition) is 1. The highest BCUT2D eigenvalue weighted by Gasteiger charge is 2.36. The highest BCUT2D eigenvalue weighted by atomic mass is 16.5. The second-order valence-electron chi connectivity index (χ2n) is 6.54. The molecule has 1 aromatic heterocycles. The average Bonchev–Trinajstić information content (AvgIpc) is 2.93. The molecule has 112 valence electrons. The topological polar surface area (TPSA) is 41.3 Å². The van der Waals surface area contributed by atoms with Gasteiger partial charge in [-0.05, 0) is 52.5 Å². The predicted molar refractivity (Wildman–Crippen MR) is 79.6 cm³/mol. The molecule has 2 saturated heterocycles. The van der Waals surface area contributed by atoms with Gasteiger partial charge in [0.2, 0.25) is 0 Å². The molecule has 0 aliphatic carbocycles. The molecule has 1 N–H and O–H groups in total. The summed E-state index contributed by atoms with van der Waals surface area (Å²) in [6.07, 6.45) is 6.56. The number of rotatable bonds is 5. The van der Waals surface area contributed by atoms with Crippen molar-refractivity contribution in [3.05, 3.63) is 17.0 Å². The standard InChI is InChI=1S/C16H27N3O/c1-4-7-19(10-16-11(2)18-20-12(16)3)15-8-13-5-6-14(9-15)17-13/h13-15,17H,4-10H2,1-3H3. The summed E-state index contributed by atoms with van der Waals surface area (Å²) in [4.78, 5) is 2.67. The van der Waals surface area contributed by atoms with Gasteiger partial charge in [0, 0.05) is 30.2 Å². The summed E-state index contributed by atoms with van der Waals surface area (Å²) in [5.74, 6) is 0.987. The van der Waals surface area contributed by atoms with E-state index in [2.05, 4.69) is 29.2 Å². The molecule has 4 heteroatoms. The van der Waals surface area contributed by atoms with Crippen LogP contribution in [0, 0.1) is 13.8 Å². The van der Waals surface area contributed by atoms with E-state index in [-0.39, 0.29) is 0 Å². The summed E-state index contributed by atoms with van der Waals surface area (Å²) in [5.41, 5.74) is 2.35. The van der Waals surface area contributed by atoms with E-state index in [0.717, 1.165) is 36.1 Å². The summed E-state index contributed by atoms with van der Waals surface area (Å²) in [6, 6.07) is 2.23. The van der Waals surface area contributed by atoms with Crippen LogP contribution in [0.25, 0.3) is 0 Å². The van der Waals surface area contributed by atoms with Crippen LogP contribution in [0.3, 0.4) is 0 Å². The maximum absolute atomic E-state index is 5.33. The van der Waals surface area contributed by atoms with Gasteiger partial charge in [0.1, 0.15) is 5.76 Å². The lowest BCUT2D eigenvalue weighted by molar-refractivity contribution is 0.133. The Hall–Kier alpha value is -0.870. The largest absolute Gasteiger partial charge is 0.361 e. The molecular weight excluding hydrogens is 250 g/mol. The molecule has 2 atom stereocenters. The Morgan fingerprint density at radius 1 is 1.25 bits per heavy atom. The number of hydrogen-bond acceptors (Lipinski definition) is 4. The maximum atomic E-state index is 5.33. The summed E-state index contributed by atoms with van der Waals surface area (Å²) in [7, 11) is 0. The first-order chi connectivity index (χ1) is 9.67. The van der Waals surface area contributed by atoms with Gasteiger partial charge >= 0.3 is 0 Å². The van der Waals surface area contributed by atoms with Crippen LogP contribution in [0.5, 0.6) is 0 Å². The maximum Gasteiger partial charge on any atom is 0.138 e. The van der Waals surface area contributed by atoms with Crippen LogP contribution in [0.1, 0.15) is 56.0 Å². The smallest absolute Gasteiger partial charge is 0.138 e. The zero-order valence-electron chi connectivity index (χ0n) is 13.0. The molecule has 2 aliphatic rings. The molecule has 3 rings (SSSR count). The summed E-state index contributed by atoms with van der Waals surface area (Å²) in [5, 5.41) is 7.84. The van der Waals surface area contributed by atoms with Gasteiger partial charge in [0.25, 0.3) is 0 Å². The molecule has 0 amide bonds. The normalized spacial score (nSPS) is 29.3. The van der Waals surface area contributed by atoms with E-state index in [1.54, 1.807) is 0 Å². The third kappa shape index (κ3) is 2.77.